The highest BCUT2D eigenvalue weighted by Crippen LogP contribution is 2.38. The van der Waals surface area contributed by atoms with E-state index in [0.717, 1.165) is 0 Å². The molecule has 4 unspecified atom stereocenters. The van der Waals surface area contributed by atoms with Gasteiger partial charge in [0.25, 0.3) is 0 Å². The van der Waals surface area contributed by atoms with Crippen molar-refractivity contribution in [3.05, 3.63) is 0 Å². The third-order valence-electron chi connectivity index (χ3n) is 3.73. The highest BCUT2D eigenvalue weighted by molar-refractivity contribution is 7.83. The molecular formula is C11H18O7S2. The van der Waals surface area contributed by atoms with Crippen LogP contribution < -0.4 is 0 Å². The fourth-order valence-corrected chi connectivity index (χ4v) is 4.34. The number of ketones is 1. The fraction of sp³-hybridized carbons (Fsp3) is 0.909. The van der Waals surface area contributed by atoms with Crippen molar-refractivity contribution < 1.29 is 31.8 Å². The van der Waals surface area contributed by atoms with Gasteiger partial charge in [0.1, 0.15) is 0 Å². The Kier molecular flexibility index (Phi) is 5.09. The van der Waals surface area contributed by atoms with Crippen molar-refractivity contribution in [1.82, 2.24) is 0 Å². The molecule has 2 heterocycles. The summed E-state index contributed by atoms with van der Waals surface area (Å²) < 4.78 is 52.9. The largest absolute Gasteiger partial charge is 0.353 e. The van der Waals surface area contributed by atoms with Crippen LogP contribution in [0.25, 0.3) is 0 Å². The Morgan fingerprint density at radius 1 is 0.850 bits per heavy atom. The molecule has 4 atom stereocenters. The first-order valence-corrected chi connectivity index (χ1v) is 8.72. The number of carbonyl (C=O) groups excluding carboxylic acids is 1. The number of Topliss-reactive ketones (excluding diaryl/α,β-unsaturated/α-hetero) is 1. The van der Waals surface area contributed by atoms with Crippen LogP contribution in [0.15, 0.2) is 0 Å². The van der Waals surface area contributed by atoms with Crippen molar-refractivity contribution in [3.63, 3.8) is 0 Å². The van der Waals surface area contributed by atoms with E-state index >= 15 is 0 Å². The van der Waals surface area contributed by atoms with Crippen LogP contribution in [0.2, 0.25) is 0 Å². The second-order valence-corrected chi connectivity index (χ2v) is 7.26. The zero-order valence-corrected chi connectivity index (χ0v) is 12.5. The molecular weight excluding hydrogens is 308 g/mol. The maximum Gasteiger partial charge on any atom is 0.230 e. The molecule has 0 radical (unpaired) electrons. The van der Waals surface area contributed by atoms with Crippen LogP contribution in [-0.4, -0.2) is 46.4 Å². The van der Waals surface area contributed by atoms with Crippen LogP contribution in [0.3, 0.4) is 0 Å². The topological polar surface area (TPSA) is 110 Å². The molecule has 2 N–H and O–H groups in total. The molecule has 2 rings (SSSR count). The summed E-state index contributed by atoms with van der Waals surface area (Å²) in [7, 11) is 0. The fourth-order valence-electron chi connectivity index (χ4n) is 2.62. The summed E-state index contributed by atoms with van der Waals surface area (Å²) in [6.07, 6.45) is 2.57. The lowest BCUT2D eigenvalue weighted by molar-refractivity contribution is -0.158. The molecule has 20 heavy (non-hydrogen) atoms. The third kappa shape index (κ3) is 2.62. The van der Waals surface area contributed by atoms with Gasteiger partial charge in [-0.3, -0.25) is 4.79 Å². The van der Waals surface area contributed by atoms with Crippen LogP contribution in [0.5, 0.6) is 0 Å². The monoisotopic (exact) mass is 326 g/mol. The Hall–Kier alpha value is -0.190. The number of rotatable bonds is 4. The van der Waals surface area contributed by atoms with Crippen LogP contribution in [0.1, 0.15) is 38.5 Å². The average Bonchev–Trinajstić information content (AvgIpc) is 2.47. The minimum absolute atomic E-state index is 0.0528. The van der Waals surface area contributed by atoms with Gasteiger partial charge in [-0.2, -0.15) is 0 Å². The molecule has 0 bridgehead atoms. The maximum absolute atomic E-state index is 12.7. The zero-order chi connectivity index (χ0) is 14.8. The lowest BCUT2D eigenvalue weighted by Gasteiger charge is -2.40. The van der Waals surface area contributed by atoms with Gasteiger partial charge in [0.05, 0.1) is 0 Å². The van der Waals surface area contributed by atoms with Gasteiger partial charge in [0, 0.05) is 13.2 Å². The molecule has 2 saturated heterocycles. The summed E-state index contributed by atoms with van der Waals surface area (Å²) in [5, 5.41) is 0. The Bertz CT molecular complexity index is 386. The standard InChI is InChI=1S/C11H18O7S2/c12-9(10(19(13)14)5-1-3-7-17-10)11(20(15)16)6-2-4-8-18-11/h1-8H2,(H,13,14)(H,15,16). The van der Waals surface area contributed by atoms with Gasteiger partial charge in [0.2, 0.25) is 15.6 Å². The van der Waals surface area contributed by atoms with Gasteiger partial charge >= 0.3 is 0 Å². The first kappa shape index (κ1) is 16.2. The Labute approximate surface area is 122 Å². The van der Waals surface area contributed by atoms with E-state index in [9.17, 15) is 22.3 Å². The van der Waals surface area contributed by atoms with Gasteiger partial charge in [-0.05, 0) is 38.5 Å². The van der Waals surface area contributed by atoms with E-state index in [4.69, 9.17) is 9.47 Å². The molecule has 7 nitrogen and oxygen atoms in total. The van der Waals surface area contributed by atoms with E-state index < -0.39 is 37.8 Å². The minimum Gasteiger partial charge on any atom is -0.353 e. The quantitative estimate of drug-likeness (QED) is 0.735. The highest BCUT2D eigenvalue weighted by Gasteiger charge is 2.60. The van der Waals surface area contributed by atoms with Crippen molar-refractivity contribution in [2.24, 2.45) is 0 Å². The van der Waals surface area contributed by atoms with Crippen molar-refractivity contribution in [2.75, 3.05) is 13.2 Å². The lowest BCUT2D eigenvalue weighted by atomic mass is 9.96. The number of hydrogen-bond acceptors (Lipinski definition) is 5. The Morgan fingerprint density at radius 3 is 1.50 bits per heavy atom. The van der Waals surface area contributed by atoms with Crippen molar-refractivity contribution in [3.8, 4) is 0 Å². The lowest BCUT2D eigenvalue weighted by Crippen LogP contribution is -2.61. The molecule has 2 aliphatic rings. The van der Waals surface area contributed by atoms with Gasteiger partial charge in [-0.25, -0.2) is 8.42 Å². The third-order valence-corrected chi connectivity index (χ3v) is 5.87. The molecule has 2 fully saturated rings. The van der Waals surface area contributed by atoms with Crippen molar-refractivity contribution in [1.29, 1.82) is 0 Å². The predicted octanol–water partition coefficient (Wildman–Crippen LogP) is 0.792. The smallest absolute Gasteiger partial charge is 0.230 e. The first-order chi connectivity index (χ1) is 9.46. The number of carbonyl (C=O) groups is 1. The summed E-state index contributed by atoms with van der Waals surface area (Å²) in [5.41, 5.74) is 0. The molecule has 2 aliphatic heterocycles. The second-order valence-electron chi connectivity index (χ2n) is 4.94. The van der Waals surface area contributed by atoms with E-state index in [1.165, 1.54) is 0 Å². The van der Waals surface area contributed by atoms with E-state index in [2.05, 4.69) is 0 Å². The van der Waals surface area contributed by atoms with Gasteiger partial charge in [-0.15, -0.1) is 0 Å². The molecule has 116 valence electrons. The van der Waals surface area contributed by atoms with Gasteiger partial charge in [0.15, 0.2) is 22.2 Å². The van der Waals surface area contributed by atoms with Crippen LogP contribution in [-0.2, 0) is 36.4 Å². The van der Waals surface area contributed by atoms with Gasteiger partial charge < -0.3 is 18.6 Å². The van der Waals surface area contributed by atoms with Crippen LogP contribution in [0, 0.1) is 0 Å². The second kappa shape index (κ2) is 6.29. The summed E-state index contributed by atoms with van der Waals surface area (Å²) in [6, 6.07) is 0. The van der Waals surface area contributed by atoms with Crippen molar-refractivity contribution >= 4 is 27.9 Å². The minimum atomic E-state index is -2.58. The molecule has 0 aromatic carbocycles. The van der Waals surface area contributed by atoms with Gasteiger partial charge in [-0.1, -0.05) is 0 Å². The zero-order valence-electron chi connectivity index (χ0n) is 10.9. The maximum atomic E-state index is 12.7. The number of ether oxygens (including phenoxy) is 2. The Morgan fingerprint density at radius 2 is 1.25 bits per heavy atom. The average molecular weight is 326 g/mol. The SMILES string of the molecule is O=C(C1(S(=O)O)CCCCO1)C1(S(=O)O)CCCCO1. The van der Waals surface area contributed by atoms with Crippen molar-refractivity contribution in [2.45, 2.75) is 48.4 Å². The van der Waals surface area contributed by atoms with E-state index in [1.54, 1.807) is 0 Å². The summed E-state index contributed by atoms with van der Waals surface area (Å²) >= 11 is -5.16. The summed E-state index contributed by atoms with van der Waals surface area (Å²) in [6.45, 7) is 0.346. The molecule has 0 aliphatic carbocycles. The van der Waals surface area contributed by atoms with Crippen LogP contribution >= 0.6 is 0 Å². The molecule has 0 amide bonds. The normalized spacial score (nSPS) is 38.1. The van der Waals surface area contributed by atoms with Crippen LogP contribution in [0.4, 0.5) is 0 Å². The van der Waals surface area contributed by atoms with E-state index in [1.807, 2.05) is 0 Å². The molecule has 0 saturated carbocycles. The highest BCUT2D eigenvalue weighted by atomic mass is 32.2. The number of hydrogen-bond donors (Lipinski definition) is 2. The predicted molar refractivity (Wildman–Crippen MR) is 71.6 cm³/mol. The van der Waals surface area contributed by atoms with E-state index in [0.29, 0.717) is 25.7 Å². The molecule has 0 aromatic rings. The summed E-state index contributed by atoms with van der Waals surface area (Å²) in [4.78, 5) is 8.82. The molecule has 9 heteroatoms. The van der Waals surface area contributed by atoms with E-state index in [-0.39, 0.29) is 26.1 Å². The molecule has 0 spiro atoms. The Balaban J connectivity index is 2.38. The molecule has 0 aromatic heterocycles. The summed E-state index contributed by atoms with van der Waals surface area (Å²) in [5.74, 6) is -0.883. The first-order valence-electron chi connectivity index (χ1n) is 6.50.